The Morgan fingerprint density at radius 1 is 0.973 bits per heavy atom. The fourth-order valence-corrected chi connectivity index (χ4v) is 6.56. The lowest BCUT2D eigenvalue weighted by molar-refractivity contribution is -0.138. The van der Waals surface area contributed by atoms with Crippen LogP contribution in [0.3, 0.4) is 0 Å². The molecule has 0 saturated carbocycles. The number of carboxylic acid groups (broad SMARTS) is 1. The normalized spacial score (nSPS) is 13.5. The Morgan fingerprint density at radius 2 is 1.57 bits per heavy atom. The van der Waals surface area contributed by atoms with Crippen molar-refractivity contribution in [2.24, 2.45) is 5.73 Å². The van der Waals surface area contributed by atoms with Crippen molar-refractivity contribution in [1.29, 1.82) is 5.26 Å². The molecular formula is C28H35N2O6S. The number of ether oxygens (including phenoxy) is 1. The molecule has 0 aromatic heterocycles. The van der Waals surface area contributed by atoms with Crippen LogP contribution in [0.4, 0.5) is 0 Å². The summed E-state index contributed by atoms with van der Waals surface area (Å²) in [6.45, 7) is 14.9. The van der Waals surface area contributed by atoms with Gasteiger partial charge in [0.2, 0.25) is 9.84 Å². The predicted octanol–water partition coefficient (Wildman–Crippen LogP) is 4.86. The Morgan fingerprint density at radius 3 is 2.03 bits per heavy atom. The van der Waals surface area contributed by atoms with Crippen molar-refractivity contribution in [2.75, 3.05) is 0 Å². The molecule has 0 bridgehead atoms. The highest BCUT2D eigenvalue weighted by atomic mass is 32.2. The Labute approximate surface area is 219 Å². The molecule has 0 amide bonds. The third-order valence-corrected chi connectivity index (χ3v) is 8.30. The molecule has 0 spiro atoms. The molecule has 3 N–H and O–H groups in total. The minimum Gasteiger partial charge on any atom is -0.480 e. The van der Waals surface area contributed by atoms with Crippen LogP contribution in [0.25, 0.3) is 0 Å². The Bertz CT molecular complexity index is 1320. The van der Waals surface area contributed by atoms with Crippen LogP contribution in [0.2, 0.25) is 0 Å². The van der Waals surface area contributed by atoms with Crippen LogP contribution in [-0.4, -0.2) is 32.0 Å². The lowest BCUT2D eigenvalue weighted by Crippen LogP contribution is -2.33. The monoisotopic (exact) mass is 527 g/mol. The Kier molecular flexibility index (Phi) is 9.64. The average Bonchev–Trinajstić information content (AvgIpc) is 2.82. The summed E-state index contributed by atoms with van der Waals surface area (Å²) in [6.07, 6.45) is -1.27. The molecule has 2 atom stereocenters. The molecular weight excluding hydrogens is 492 g/mol. The van der Waals surface area contributed by atoms with Crippen molar-refractivity contribution in [2.45, 2.75) is 94.6 Å². The zero-order valence-electron chi connectivity index (χ0n) is 22.3. The fraction of sp³-hybridized carbons (Fsp3) is 0.464. The Balaban J connectivity index is 3.01. The highest BCUT2D eigenvalue weighted by Crippen LogP contribution is 2.40. The average molecular weight is 528 g/mol. The van der Waals surface area contributed by atoms with Crippen LogP contribution in [0, 0.1) is 11.3 Å². The van der Waals surface area contributed by atoms with Gasteiger partial charge in [0.05, 0.1) is 21.4 Å². The molecule has 1 unspecified atom stereocenters. The van der Waals surface area contributed by atoms with Crippen LogP contribution in [0.15, 0.2) is 34.1 Å². The van der Waals surface area contributed by atoms with Crippen LogP contribution in [-0.2, 0) is 30.6 Å². The van der Waals surface area contributed by atoms with Gasteiger partial charge in [0.25, 0.3) is 0 Å². The molecule has 0 aliphatic carbocycles. The molecule has 199 valence electrons. The number of benzene rings is 2. The first kappa shape index (κ1) is 30.0. The zero-order valence-corrected chi connectivity index (χ0v) is 23.1. The topological polar surface area (TPSA) is 148 Å². The molecule has 2 rings (SSSR count). The van der Waals surface area contributed by atoms with E-state index >= 15 is 0 Å². The molecule has 0 aliphatic heterocycles. The maximum atomic E-state index is 14.3. The van der Waals surface area contributed by atoms with E-state index in [2.05, 4.69) is 13.8 Å². The molecule has 1 radical (unpaired) electrons. The summed E-state index contributed by atoms with van der Waals surface area (Å²) in [5, 5.41) is 19.1. The molecule has 0 heterocycles. The van der Waals surface area contributed by atoms with Gasteiger partial charge in [-0.3, -0.25) is 4.79 Å². The maximum Gasteiger partial charge on any atom is 0.418 e. The summed E-state index contributed by atoms with van der Waals surface area (Å²) >= 11 is 0. The summed E-state index contributed by atoms with van der Waals surface area (Å²) in [4.78, 5) is 22.3. The number of hydrogen-bond acceptors (Lipinski definition) is 7. The molecule has 2 aromatic rings. The SMILES string of the molecule is CC(C)c1ccc(S(=O)(=O)c2cc(C(C)O[C]=O)c(C#N)cc2C[C@H](N)C(=O)O)c(C(C)C)c1C(C)C. The summed E-state index contributed by atoms with van der Waals surface area (Å²) < 4.78 is 33.5. The lowest BCUT2D eigenvalue weighted by atomic mass is 9.83. The van der Waals surface area contributed by atoms with Gasteiger partial charge in [-0.25, -0.2) is 13.2 Å². The molecule has 0 saturated heterocycles. The summed E-state index contributed by atoms with van der Waals surface area (Å²) in [5.74, 6) is -1.20. The second kappa shape index (κ2) is 11.9. The van der Waals surface area contributed by atoms with E-state index in [-0.39, 0.29) is 50.7 Å². The van der Waals surface area contributed by atoms with Gasteiger partial charge in [-0.1, -0.05) is 47.6 Å². The number of carboxylic acids is 1. The van der Waals surface area contributed by atoms with Gasteiger partial charge >= 0.3 is 12.4 Å². The van der Waals surface area contributed by atoms with E-state index in [4.69, 9.17) is 10.5 Å². The van der Waals surface area contributed by atoms with E-state index < -0.39 is 28.0 Å². The van der Waals surface area contributed by atoms with Crippen molar-refractivity contribution in [1.82, 2.24) is 0 Å². The molecule has 8 nitrogen and oxygen atoms in total. The summed E-state index contributed by atoms with van der Waals surface area (Å²) in [6, 6.07) is 6.63. The van der Waals surface area contributed by atoms with Crippen LogP contribution in [0.5, 0.6) is 0 Å². The van der Waals surface area contributed by atoms with Gasteiger partial charge in [0, 0.05) is 5.56 Å². The molecule has 9 heteroatoms. The quantitative estimate of drug-likeness (QED) is 0.421. The van der Waals surface area contributed by atoms with Crippen molar-refractivity contribution in [3.8, 4) is 6.07 Å². The van der Waals surface area contributed by atoms with Crippen LogP contribution >= 0.6 is 0 Å². The number of nitrogens with two attached hydrogens (primary N) is 1. The first-order chi connectivity index (χ1) is 17.2. The van der Waals surface area contributed by atoms with E-state index in [0.717, 1.165) is 11.1 Å². The lowest BCUT2D eigenvalue weighted by Gasteiger charge is -2.26. The summed E-state index contributed by atoms with van der Waals surface area (Å²) in [7, 11) is -4.22. The second-order valence-electron chi connectivity index (χ2n) is 10.1. The standard InChI is InChI=1S/C28H35N2O6S/c1-15(2)21-8-9-24(27(17(5)6)26(21)16(3)4)37(34,35)25-12-22(18(7)36-14-31)20(13-29)10-19(25)11-23(30)28(32)33/h8-10,12,15-18,23H,11,30H2,1-7H3,(H,32,33)/t18?,23-/m0/s1. The number of carbonyl (C=O) groups excluding carboxylic acids is 1. The first-order valence-electron chi connectivity index (χ1n) is 12.2. The molecule has 0 aliphatic rings. The fourth-order valence-electron chi connectivity index (χ4n) is 4.67. The van der Waals surface area contributed by atoms with Crippen molar-refractivity contribution in [3.05, 3.63) is 57.6 Å². The minimum atomic E-state index is -4.22. The Hall–Kier alpha value is -3.22. The number of aliphatic carboxylic acids is 1. The second-order valence-corrected chi connectivity index (χ2v) is 12.0. The van der Waals surface area contributed by atoms with Gasteiger partial charge in [-0.15, -0.1) is 0 Å². The van der Waals surface area contributed by atoms with Crippen molar-refractivity contribution in [3.63, 3.8) is 0 Å². The van der Waals surface area contributed by atoms with Gasteiger partial charge in [-0.2, -0.15) is 5.26 Å². The molecule has 37 heavy (non-hydrogen) atoms. The number of sulfone groups is 1. The number of hydrogen-bond donors (Lipinski definition) is 2. The van der Waals surface area contributed by atoms with E-state index in [1.165, 1.54) is 25.5 Å². The third kappa shape index (κ3) is 6.20. The van der Waals surface area contributed by atoms with Gasteiger partial charge in [-0.05, 0) is 71.6 Å². The van der Waals surface area contributed by atoms with E-state index in [1.54, 1.807) is 6.07 Å². The predicted molar refractivity (Wildman–Crippen MR) is 140 cm³/mol. The van der Waals surface area contributed by atoms with Crippen LogP contribution in [0.1, 0.15) is 106 Å². The molecule has 0 fully saturated rings. The van der Waals surface area contributed by atoms with E-state index in [9.17, 15) is 28.4 Å². The van der Waals surface area contributed by atoms with Gasteiger partial charge in [0.15, 0.2) is 0 Å². The molecule has 2 aromatic carbocycles. The van der Waals surface area contributed by atoms with E-state index in [1.807, 2.05) is 39.8 Å². The van der Waals surface area contributed by atoms with Gasteiger partial charge < -0.3 is 15.6 Å². The number of carbonyl (C=O) groups is 1. The minimum absolute atomic E-state index is 0.0522. The largest absolute Gasteiger partial charge is 0.480 e. The van der Waals surface area contributed by atoms with Crippen LogP contribution < -0.4 is 5.73 Å². The van der Waals surface area contributed by atoms with Crippen molar-refractivity contribution >= 4 is 22.3 Å². The zero-order chi connectivity index (χ0) is 28.2. The van der Waals surface area contributed by atoms with Crippen molar-refractivity contribution < 1.29 is 27.9 Å². The van der Waals surface area contributed by atoms with Gasteiger partial charge in [0.1, 0.15) is 12.1 Å². The number of rotatable bonds is 11. The first-order valence-corrected chi connectivity index (χ1v) is 13.7. The number of nitrogens with zero attached hydrogens (tertiary/aromatic N) is 1. The maximum absolute atomic E-state index is 14.3. The number of nitriles is 1. The van der Waals surface area contributed by atoms with E-state index in [0.29, 0.717) is 5.56 Å². The third-order valence-electron chi connectivity index (χ3n) is 6.41. The smallest absolute Gasteiger partial charge is 0.418 e. The highest BCUT2D eigenvalue weighted by molar-refractivity contribution is 7.91. The highest BCUT2D eigenvalue weighted by Gasteiger charge is 2.32. The summed E-state index contributed by atoms with van der Waals surface area (Å²) in [5.41, 5.74) is 8.84.